The predicted octanol–water partition coefficient (Wildman–Crippen LogP) is 2.05. The van der Waals surface area contributed by atoms with E-state index < -0.39 is 15.8 Å². The van der Waals surface area contributed by atoms with Gasteiger partial charge in [0.15, 0.2) is 14.2 Å². The number of fused-ring (bicyclic) bond motifs is 1. The zero-order chi connectivity index (χ0) is 14.0. The zero-order valence-corrected chi connectivity index (χ0v) is 12.4. The van der Waals surface area contributed by atoms with E-state index in [2.05, 4.69) is 4.98 Å². The van der Waals surface area contributed by atoms with Crippen molar-refractivity contribution in [2.45, 2.75) is 4.34 Å². The Morgan fingerprint density at radius 3 is 2.89 bits per heavy atom. The fourth-order valence-corrected chi connectivity index (χ4v) is 2.83. The summed E-state index contributed by atoms with van der Waals surface area (Å²) < 4.78 is 28.1. The maximum absolute atomic E-state index is 11.7. The number of sulfone groups is 1. The summed E-state index contributed by atoms with van der Waals surface area (Å²) in [6.45, 7) is -0.154. The van der Waals surface area contributed by atoms with E-state index in [0.29, 0.717) is 15.4 Å². The molecule has 1 aromatic heterocycles. The third-order valence-electron chi connectivity index (χ3n) is 2.29. The van der Waals surface area contributed by atoms with Crippen LogP contribution in [0.15, 0.2) is 22.5 Å². The van der Waals surface area contributed by atoms with Crippen molar-refractivity contribution in [2.75, 3.05) is 18.6 Å². The van der Waals surface area contributed by atoms with Crippen LogP contribution in [-0.4, -0.2) is 38.0 Å². The van der Waals surface area contributed by atoms with Crippen molar-refractivity contribution in [3.8, 4) is 0 Å². The number of benzene rings is 1. The summed E-state index contributed by atoms with van der Waals surface area (Å²) >= 11 is 6.32. The van der Waals surface area contributed by atoms with Gasteiger partial charge >= 0.3 is 5.97 Å². The minimum absolute atomic E-state index is 0.154. The molecule has 8 heteroatoms. The van der Waals surface area contributed by atoms with Crippen molar-refractivity contribution >= 4 is 50.0 Å². The standard InChI is InChI=1S/C11H10NO4S3/c1-19(14,15)5-4-16-10(13)7-2-3-9-8(6-7)12-11(17)18-9/h2-3,6H,4-5H2,1H3. The van der Waals surface area contributed by atoms with Crippen molar-refractivity contribution in [3.63, 3.8) is 0 Å². The monoisotopic (exact) mass is 316 g/mol. The number of hydrogen-bond donors (Lipinski definition) is 0. The Labute approximate surface area is 119 Å². The quantitative estimate of drug-likeness (QED) is 0.807. The Bertz CT molecular complexity index is 721. The van der Waals surface area contributed by atoms with Crippen molar-refractivity contribution in [1.82, 2.24) is 4.98 Å². The lowest BCUT2D eigenvalue weighted by Gasteiger charge is -2.03. The van der Waals surface area contributed by atoms with Crippen LogP contribution in [0.25, 0.3) is 10.2 Å². The first-order valence-corrected chi connectivity index (χ1v) is 8.56. The zero-order valence-electron chi connectivity index (χ0n) is 9.95. The molecule has 0 aliphatic carbocycles. The second-order valence-electron chi connectivity index (χ2n) is 3.93. The molecule has 1 aromatic carbocycles. The van der Waals surface area contributed by atoms with Gasteiger partial charge in [0.2, 0.25) is 0 Å². The highest BCUT2D eigenvalue weighted by molar-refractivity contribution is 7.90. The molecule has 1 radical (unpaired) electrons. The van der Waals surface area contributed by atoms with Gasteiger partial charge in [-0.3, -0.25) is 0 Å². The van der Waals surface area contributed by atoms with Gasteiger partial charge in [-0.1, -0.05) is 0 Å². The van der Waals surface area contributed by atoms with E-state index in [1.165, 1.54) is 11.3 Å². The minimum Gasteiger partial charge on any atom is -0.461 e. The molecule has 0 N–H and O–H groups in total. The van der Waals surface area contributed by atoms with Crippen molar-refractivity contribution in [2.24, 2.45) is 0 Å². The first kappa shape index (κ1) is 14.2. The number of aromatic nitrogens is 1. The van der Waals surface area contributed by atoms with E-state index in [4.69, 9.17) is 17.4 Å². The summed E-state index contributed by atoms with van der Waals surface area (Å²) in [5.41, 5.74) is 0.980. The van der Waals surface area contributed by atoms with Crippen LogP contribution in [0.2, 0.25) is 0 Å². The molecule has 0 saturated carbocycles. The normalized spacial score (nSPS) is 11.6. The number of carbonyl (C=O) groups is 1. The number of nitrogens with zero attached hydrogens (tertiary/aromatic N) is 1. The largest absolute Gasteiger partial charge is 0.461 e. The molecule has 19 heavy (non-hydrogen) atoms. The number of ether oxygens (including phenoxy) is 1. The number of rotatable bonds is 4. The van der Waals surface area contributed by atoms with Crippen LogP contribution in [0.5, 0.6) is 0 Å². The van der Waals surface area contributed by atoms with Crippen LogP contribution in [0.3, 0.4) is 0 Å². The molecule has 0 aliphatic heterocycles. The molecular formula is C11H10NO4S3. The smallest absolute Gasteiger partial charge is 0.338 e. The van der Waals surface area contributed by atoms with Crippen LogP contribution >= 0.6 is 24.0 Å². The molecule has 101 valence electrons. The summed E-state index contributed by atoms with van der Waals surface area (Å²) in [5, 5.41) is 0. The first-order valence-electron chi connectivity index (χ1n) is 5.27. The summed E-state index contributed by atoms with van der Waals surface area (Å²) in [7, 11) is -3.13. The van der Waals surface area contributed by atoms with Crippen LogP contribution in [-0.2, 0) is 14.6 Å². The lowest BCUT2D eigenvalue weighted by atomic mass is 10.2. The van der Waals surface area contributed by atoms with Gasteiger partial charge in [-0.15, -0.1) is 11.3 Å². The fraction of sp³-hybridized carbons (Fsp3) is 0.273. The van der Waals surface area contributed by atoms with Crippen molar-refractivity contribution in [1.29, 1.82) is 0 Å². The Balaban J connectivity index is 2.08. The van der Waals surface area contributed by atoms with Gasteiger partial charge in [-0.2, -0.15) is 0 Å². The topological polar surface area (TPSA) is 73.3 Å². The molecule has 0 spiro atoms. The van der Waals surface area contributed by atoms with Gasteiger partial charge in [0, 0.05) is 6.26 Å². The summed E-state index contributed by atoms with van der Waals surface area (Å²) in [6, 6.07) is 4.94. The molecule has 5 nitrogen and oxygen atoms in total. The van der Waals surface area contributed by atoms with E-state index >= 15 is 0 Å². The Kier molecular flexibility index (Phi) is 4.02. The minimum atomic E-state index is -3.13. The van der Waals surface area contributed by atoms with Crippen LogP contribution < -0.4 is 0 Å². The molecule has 0 fully saturated rings. The van der Waals surface area contributed by atoms with Gasteiger partial charge in [-0.05, 0) is 30.8 Å². The summed E-state index contributed by atoms with van der Waals surface area (Å²) in [4.78, 5) is 15.8. The van der Waals surface area contributed by atoms with E-state index in [9.17, 15) is 13.2 Å². The highest BCUT2D eigenvalue weighted by atomic mass is 32.2. The Hall–Kier alpha value is -1.25. The van der Waals surface area contributed by atoms with E-state index in [0.717, 1.165) is 11.0 Å². The Morgan fingerprint density at radius 1 is 1.47 bits per heavy atom. The van der Waals surface area contributed by atoms with Crippen molar-refractivity contribution in [3.05, 3.63) is 23.8 Å². The second-order valence-corrected chi connectivity index (χ2v) is 7.86. The van der Waals surface area contributed by atoms with Gasteiger partial charge in [0.25, 0.3) is 0 Å². The molecule has 0 saturated heterocycles. The molecule has 0 amide bonds. The molecule has 0 unspecified atom stereocenters. The maximum Gasteiger partial charge on any atom is 0.338 e. The van der Waals surface area contributed by atoms with Gasteiger partial charge in [0.05, 0.1) is 21.5 Å². The molecule has 1 heterocycles. The third-order valence-corrected chi connectivity index (χ3v) is 4.37. The molecular weight excluding hydrogens is 306 g/mol. The van der Waals surface area contributed by atoms with Crippen LogP contribution in [0, 0.1) is 0 Å². The highest BCUT2D eigenvalue weighted by Crippen LogP contribution is 2.25. The summed E-state index contributed by atoms with van der Waals surface area (Å²) in [5.74, 6) is -0.752. The molecule has 2 rings (SSSR count). The predicted molar refractivity (Wildman–Crippen MR) is 75.5 cm³/mol. The summed E-state index contributed by atoms with van der Waals surface area (Å²) in [6.07, 6.45) is 1.09. The molecule has 0 aliphatic rings. The molecule has 2 aromatic rings. The van der Waals surface area contributed by atoms with Gasteiger partial charge in [0.1, 0.15) is 6.61 Å². The number of hydrogen-bond acceptors (Lipinski definition) is 6. The van der Waals surface area contributed by atoms with E-state index in [1.54, 1.807) is 18.2 Å². The fourth-order valence-electron chi connectivity index (χ4n) is 1.40. The van der Waals surface area contributed by atoms with Crippen LogP contribution in [0.4, 0.5) is 0 Å². The lowest BCUT2D eigenvalue weighted by Crippen LogP contribution is -2.14. The average Bonchev–Trinajstić information content (AvgIpc) is 2.65. The third kappa shape index (κ3) is 3.85. The maximum atomic E-state index is 11.7. The van der Waals surface area contributed by atoms with Gasteiger partial charge in [-0.25, -0.2) is 18.2 Å². The lowest BCUT2D eigenvalue weighted by molar-refractivity contribution is 0.0529. The first-order chi connectivity index (χ1) is 8.85. The number of thiazole rings is 1. The number of esters is 1. The number of carbonyl (C=O) groups excluding carboxylic acids is 1. The average molecular weight is 316 g/mol. The second kappa shape index (κ2) is 5.40. The Morgan fingerprint density at radius 2 is 2.21 bits per heavy atom. The molecule has 0 bridgehead atoms. The van der Waals surface area contributed by atoms with E-state index in [1.807, 2.05) is 0 Å². The van der Waals surface area contributed by atoms with E-state index in [-0.39, 0.29) is 12.4 Å². The van der Waals surface area contributed by atoms with Gasteiger partial charge < -0.3 is 4.74 Å². The van der Waals surface area contributed by atoms with Crippen LogP contribution in [0.1, 0.15) is 10.4 Å². The highest BCUT2D eigenvalue weighted by Gasteiger charge is 2.11. The molecule has 0 atom stereocenters. The SMILES string of the molecule is CS(=O)(=O)CCOC(=O)c1ccc2sc([S])nc2c1. The van der Waals surface area contributed by atoms with Crippen molar-refractivity contribution < 1.29 is 17.9 Å².